The summed E-state index contributed by atoms with van der Waals surface area (Å²) in [6, 6.07) is 13.4. The quantitative estimate of drug-likeness (QED) is 0.0731. The summed E-state index contributed by atoms with van der Waals surface area (Å²) in [7, 11) is 3.63. The molecule has 0 aliphatic carbocycles. The number of nitrogens with zero attached hydrogens (tertiary/aromatic N) is 7. The Labute approximate surface area is 344 Å². The van der Waals surface area contributed by atoms with Crippen LogP contribution in [0.15, 0.2) is 65.7 Å². The van der Waals surface area contributed by atoms with Gasteiger partial charge in [0.2, 0.25) is 17.7 Å². The molecule has 1 fully saturated rings. The summed E-state index contributed by atoms with van der Waals surface area (Å²) >= 11 is 0. The van der Waals surface area contributed by atoms with E-state index in [1.807, 2.05) is 41.1 Å². The van der Waals surface area contributed by atoms with E-state index in [1.165, 1.54) is 38.5 Å². The van der Waals surface area contributed by atoms with Gasteiger partial charge in [0.05, 0.1) is 23.8 Å². The van der Waals surface area contributed by atoms with Crippen LogP contribution in [-0.4, -0.2) is 89.2 Å². The zero-order valence-corrected chi connectivity index (χ0v) is 34.5. The van der Waals surface area contributed by atoms with Crippen LogP contribution in [0.1, 0.15) is 118 Å². The summed E-state index contributed by atoms with van der Waals surface area (Å²) in [6.45, 7) is 2.50. The number of para-hydroxylation sites is 1. The monoisotopic (exact) mass is 803 g/mol. The molecule has 2 aromatic carbocycles. The van der Waals surface area contributed by atoms with Crippen molar-refractivity contribution >= 4 is 51.1 Å². The average molecular weight is 804 g/mol. The molecule has 59 heavy (non-hydrogen) atoms. The van der Waals surface area contributed by atoms with E-state index in [1.54, 1.807) is 33.3 Å². The lowest BCUT2D eigenvalue weighted by Crippen LogP contribution is -2.44. The standard InChI is InChI=1S/C45H57N9O5/c1-50(44(58)37-30-34-20-19-33(29-36(34)47-37)35-17-14-26-52(31-35)41(56)23-27-53-28-24-46-49-53)25-12-10-8-6-4-3-5-7-9-11-15-32-16-13-18-38-42(32)51(2)45(59)54(38)39-21-22-40(55)48-43(39)57/h13,16-20,24,28-30,39,47H,3-12,14-15,21-23,25-27,31H2,1-2H3,(H,48,55,57). The van der Waals surface area contributed by atoms with Gasteiger partial charge in [-0.25, -0.2) is 4.79 Å². The zero-order chi connectivity index (χ0) is 41.3. The van der Waals surface area contributed by atoms with Crippen LogP contribution in [-0.2, 0) is 34.4 Å². The molecule has 3 aromatic heterocycles. The fourth-order valence-corrected chi connectivity index (χ4v) is 8.67. The molecule has 4 amide bonds. The van der Waals surface area contributed by atoms with Crippen LogP contribution in [0.2, 0.25) is 0 Å². The van der Waals surface area contributed by atoms with Crippen molar-refractivity contribution in [3.63, 3.8) is 0 Å². The van der Waals surface area contributed by atoms with Gasteiger partial charge in [0.1, 0.15) is 11.7 Å². The van der Waals surface area contributed by atoms with Gasteiger partial charge in [-0.3, -0.25) is 38.3 Å². The maximum absolute atomic E-state index is 13.3. The molecule has 2 aliphatic rings. The first kappa shape index (κ1) is 41.4. The highest BCUT2D eigenvalue weighted by molar-refractivity contribution is 6.00. The third-order valence-electron chi connectivity index (χ3n) is 12.0. The molecule has 14 heteroatoms. The maximum Gasteiger partial charge on any atom is 0.329 e. The molecular formula is C45H57N9O5. The van der Waals surface area contributed by atoms with Crippen LogP contribution in [0.4, 0.5) is 0 Å². The van der Waals surface area contributed by atoms with Gasteiger partial charge in [-0.1, -0.05) is 86.9 Å². The van der Waals surface area contributed by atoms with Gasteiger partial charge in [0.15, 0.2) is 0 Å². The number of nitrogens with one attached hydrogen (secondary N) is 2. The van der Waals surface area contributed by atoms with Crippen LogP contribution in [0.3, 0.4) is 0 Å². The number of benzene rings is 2. The molecule has 7 rings (SSSR count). The third-order valence-corrected chi connectivity index (χ3v) is 12.0. The number of unbranched alkanes of at least 4 members (excludes halogenated alkanes) is 9. The topological polar surface area (TPSA) is 160 Å². The van der Waals surface area contributed by atoms with Crippen LogP contribution < -0.4 is 11.0 Å². The first-order valence-electron chi connectivity index (χ1n) is 21.4. The van der Waals surface area contributed by atoms with Crippen molar-refractivity contribution in [2.45, 2.75) is 109 Å². The second-order valence-electron chi connectivity index (χ2n) is 16.2. The number of amides is 4. The Balaban J connectivity index is 0.768. The predicted octanol–water partition coefficient (Wildman–Crippen LogP) is 6.31. The Kier molecular flexibility index (Phi) is 13.5. The number of aromatic nitrogens is 6. The number of fused-ring (bicyclic) bond motifs is 2. The molecule has 1 saturated heterocycles. The molecule has 0 radical (unpaired) electrons. The van der Waals surface area contributed by atoms with Gasteiger partial charge in [-0.15, -0.1) is 5.10 Å². The highest BCUT2D eigenvalue weighted by atomic mass is 16.2. The second-order valence-corrected chi connectivity index (χ2v) is 16.2. The van der Waals surface area contributed by atoms with Gasteiger partial charge in [0.25, 0.3) is 5.91 Å². The molecular weight excluding hydrogens is 747 g/mol. The number of aryl methyl sites for hydroxylation is 3. The number of hydrogen-bond donors (Lipinski definition) is 2. The number of rotatable bonds is 19. The van der Waals surface area contributed by atoms with E-state index in [-0.39, 0.29) is 29.8 Å². The number of carbonyl (C=O) groups is 4. The van der Waals surface area contributed by atoms with Gasteiger partial charge in [0, 0.05) is 63.7 Å². The first-order chi connectivity index (χ1) is 28.7. The van der Waals surface area contributed by atoms with Crippen molar-refractivity contribution in [1.82, 2.24) is 44.2 Å². The normalized spacial score (nSPS) is 15.9. The van der Waals surface area contributed by atoms with Crippen molar-refractivity contribution in [3.8, 4) is 0 Å². The smallest absolute Gasteiger partial charge is 0.329 e. The largest absolute Gasteiger partial charge is 0.351 e. The van der Waals surface area contributed by atoms with E-state index < -0.39 is 11.9 Å². The molecule has 5 heterocycles. The highest BCUT2D eigenvalue weighted by Crippen LogP contribution is 2.28. The van der Waals surface area contributed by atoms with E-state index in [9.17, 15) is 24.0 Å². The highest BCUT2D eigenvalue weighted by Gasteiger charge is 2.31. The number of H-pyrrole nitrogens is 1. The van der Waals surface area contributed by atoms with Crippen LogP contribution in [0.25, 0.3) is 27.5 Å². The Bertz CT molecular complexity index is 2370. The molecule has 0 bridgehead atoms. The predicted molar refractivity (Wildman–Crippen MR) is 228 cm³/mol. The van der Waals surface area contributed by atoms with E-state index in [0.29, 0.717) is 38.2 Å². The molecule has 0 saturated carbocycles. The van der Waals surface area contributed by atoms with Gasteiger partial charge in [-0.2, -0.15) is 0 Å². The Morgan fingerprint density at radius 2 is 1.69 bits per heavy atom. The zero-order valence-electron chi connectivity index (χ0n) is 34.5. The number of carbonyl (C=O) groups excluding carboxylic acids is 4. The summed E-state index contributed by atoms with van der Waals surface area (Å²) in [4.78, 5) is 70.7. The summed E-state index contributed by atoms with van der Waals surface area (Å²) in [5.41, 5.74) is 6.20. The average Bonchev–Trinajstić information content (AvgIpc) is 3.99. The van der Waals surface area contributed by atoms with Crippen molar-refractivity contribution in [3.05, 3.63) is 88.2 Å². The molecule has 0 spiro atoms. The lowest BCUT2D eigenvalue weighted by molar-refractivity contribution is -0.136. The number of imidazole rings is 1. The number of hydrogen-bond acceptors (Lipinski definition) is 7. The molecule has 2 aliphatic heterocycles. The molecule has 14 nitrogen and oxygen atoms in total. The molecule has 2 N–H and O–H groups in total. The summed E-state index contributed by atoms with van der Waals surface area (Å²) in [5.74, 6) is -0.597. The van der Waals surface area contributed by atoms with Gasteiger partial charge in [-0.05, 0) is 67.0 Å². The van der Waals surface area contributed by atoms with Crippen LogP contribution >= 0.6 is 0 Å². The summed E-state index contributed by atoms with van der Waals surface area (Å²) in [6.07, 6.45) is 19.6. The maximum atomic E-state index is 13.3. The fraction of sp³-hybridized carbons (Fsp3) is 0.489. The van der Waals surface area contributed by atoms with Gasteiger partial charge >= 0.3 is 5.69 Å². The van der Waals surface area contributed by atoms with E-state index >= 15 is 0 Å². The minimum absolute atomic E-state index is 0.00450. The Morgan fingerprint density at radius 1 is 0.932 bits per heavy atom. The van der Waals surface area contributed by atoms with E-state index in [2.05, 4.69) is 44.9 Å². The van der Waals surface area contributed by atoms with Gasteiger partial charge < -0.3 is 14.8 Å². The first-order valence-corrected chi connectivity index (χ1v) is 21.4. The minimum Gasteiger partial charge on any atom is -0.351 e. The van der Waals surface area contributed by atoms with Crippen LogP contribution in [0, 0.1) is 0 Å². The summed E-state index contributed by atoms with van der Waals surface area (Å²) in [5, 5.41) is 11.1. The number of aromatic amines is 1. The van der Waals surface area contributed by atoms with Crippen molar-refractivity contribution in [2.75, 3.05) is 26.7 Å². The van der Waals surface area contributed by atoms with E-state index in [4.69, 9.17) is 0 Å². The van der Waals surface area contributed by atoms with Crippen molar-refractivity contribution in [1.29, 1.82) is 0 Å². The Morgan fingerprint density at radius 3 is 2.44 bits per heavy atom. The minimum atomic E-state index is -0.667. The van der Waals surface area contributed by atoms with Crippen molar-refractivity contribution in [2.24, 2.45) is 7.05 Å². The SMILES string of the molecule is CN(CCCCCCCCCCCCc1cccc2c1n(C)c(=O)n2C1CCC(=O)NC1=O)C(=O)c1cc2ccc(C3=CCCN(C(=O)CCn4ccnn4)C3)cc2[nH]1. The van der Waals surface area contributed by atoms with Crippen molar-refractivity contribution < 1.29 is 19.2 Å². The number of imide groups is 1. The molecule has 1 unspecified atom stereocenters. The second kappa shape index (κ2) is 19.3. The summed E-state index contributed by atoms with van der Waals surface area (Å²) < 4.78 is 4.88. The fourth-order valence-electron chi connectivity index (χ4n) is 8.67. The lowest BCUT2D eigenvalue weighted by atomic mass is 10.00. The molecule has 1 atom stereocenters. The van der Waals surface area contributed by atoms with E-state index in [0.717, 1.165) is 83.7 Å². The Hall–Kier alpha value is -5.79. The third kappa shape index (κ3) is 9.92. The molecule has 5 aromatic rings. The van der Waals surface area contributed by atoms with Crippen LogP contribution in [0.5, 0.6) is 0 Å². The molecule has 312 valence electrons. The number of piperidine rings is 1. The lowest BCUT2D eigenvalue weighted by Gasteiger charge is -2.28.